The predicted octanol–water partition coefficient (Wildman–Crippen LogP) is 2.72. The smallest absolute Gasteiger partial charge is 0.166 e. The van der Waals surface area contributed by atoms with E-state index in [0.29, 0.717) is 5.56 Å². The summed E-state index contributed by atoms with van der Waals surface area (Å²) in [6, 6.07) is 5.96. The van der Waals surface area contributed by atoms with Crippen LogP contribution in [0.5, 0.6) is 0 Å². The molecule has 2 saturated heterocycles. The summed E-state index contributed by atoms with van der Waals surface area (Å²) in [6.45, 7) is 5.46. The second-order valence-corrected chi connectivity index (χ2v) is 6.66. The van der Waals surface area contributed by atoms with Gasteiger partial charge in [-0.05, 0) is 82.0 Å². The highest BCUT2D eigenvalue weighted by molar-refractivity contribution is 5.97. The fraction of sp³-hybridized carbons (Fsp3) is 0.611. The van der Waals surface area contributed by atoms with Gasteiger partial charge in [0.05, 0.1) is 0 Å². The highest BCUT2D eigenvalue weighted by Crippen LogP contribution is 2.23. The first kappa shape index (κ1) is 15.6. The van der Waals surface area contributed by atoms with Gasteiger partial charge >= 0.3 is 0 Å². The maximum atomic E-state index is 12.9. The first-order valence-electron chi connectivity index (χ1n) is 8.45. The SMILES string of the molecule is O=C(c1ccc(F)cc1)C1CCN(CC2CCCNC2)CC1. The van der Waals surface area contributed by atoms with Crippen LogP contribution in [0.4, 0.5) is 4.39 Å². The lowest BCUT2D eigenvalue weighted by molar-refractivity contribution is 0.0820. The number of hydrogen-bond acceptors (Lipinski definition) is 3. The molecule has 0 aliphatic carbocycles. The Kier molecular flexibility index (Phi) is 5.21. The van der Waals surface area contributed by atoms with Gasteiger partial charge < -0.3 is 10.2 Å². The molecule has 0 radical (unpaired) electrons. The fourth-order valence-electron chi connectivity index (χ4n) is 3.67. The van der Waals surface area contributed by atoms with E-state index in [1.807, 2.05) is 0 Å². The molecule has 0 spiro atoms. The summed E-state index contributed by atoms with van der Waals surface area (Å²) in [7, 11) is 0. The van der Waals surface area contributed by atoms with Crippen LogP contribution in [0.2, 0.25) is 0 Å². The minimum absolute atomic E-state index is 0.103. The average molecular weight is 304 g/mol. The van der Waals surface area contributed by atoms with Crippen molar-refractivity contribution in [1.29, 1.82) is 0 Å². The summed E-state index contributed by atoms with van der Waals surface area (Å²) in [4.78, 5) is 15.0. The number of rotatable bonds is 4. The van der Waals surface area contributed by atoms with Crippen LogP contribution in [-0.4, -0.2) is 43.4 Å². The third kappa shape index (κ3) is 3.93. The second-order valence-electron chi connectivity index (χ2n) is 6.66. The van der Waals surface area contributed by atoms with Crippen molar-refractivity contribution < 1.29 is 9.18 Å². The lowest BCUT2D eigenvalue weighted by Gasteiger charge is -2.35. The van der Waals surface area contributed by atoms with Crippen LogP contribution in [0, 0.1) is 17.7 Å². The molecule has 4 heteroatoms. The molecule has 2 heterocycles. The average Bonchev–Trinajstić information content (AvgIpc) is 2.57. The summed E-state index contributed by atoms with van der Waals surface area (Å²) >= 11 is 0. The van der Waals surface area contributed by atoms with E-state index in [9.17, 15) is 9.18 Å². The minimum Gasteiger partial charge on any atom is -0.316 e. The molecule has 3 nitrogen and oxygen atoms in total. The van der Waals surface area contributed by atoms with Crippen molar-refractivity contribution in [3.05, 3.63) is 35.6 Å². The number of halogens is 1. The van der Waals surface area contributed by atoms with Crippen molar-refractivity contribution in [1.82, 2.24) is 10.2 Å². The first-order chi connectivity index (χ1) is 10.7. The lowest BCUT2D eigenvalue weighted by Crippen LogP contribution is -2.42. The highest BCUT2D eigenvalue weighted by atomic mass is 19.1. The van der Waals surface area contributed by atoms with E-state index in [1.165, 1.54) is 25.0 Å². The zero-order valence-corrected chi connectivity index (χ0v) is 13.1. The third-order valence-electron chi connectivity index (χ3n) is 5.00. The number of likely N-dealkylation sites (tertiary alicyclic amines) is 1. The highest BCUT2D eigenvalue weighted by Gasteiger charge is 2.27. The summed E-state index contributed by atoms with van der Waals surface area (Å²) in [6.07, 6.45) is 4.46. The molecule has 1 unspecified atom stereocenters. The molecular formula is C18H25FN2O. The molecule has 1 atom stereocenters. The van der Waals surface area contributed by atoms with Crippen LogP contribution < -0.4 is 5.32 Å². The summed E-state index contributed by atoms with van der Waals surface area (Å²) in [5.41, 5.74) is 0.649. The standard InChI is InChI=1S/C18H25FN2O/c19-17-5-3-15(4-6-17)18(22)16-7-10-21(11-8-16)13-14-2-1-9-20-12-14/h3-6,14,16,20H,1-2,7-13H2. The van der Waals surface area contributed by atoms with Gasteiger partial charge in [0, 0.05) is 18.0 Å². The van der Waals surface area contributed by atoms with Crippen molar-refractivity contribution in [2.45, 2.75) is 25.7 Å². The van der Waals surface area contributed by atoms with Gasteiger partial charge in [0.1, 0.15) is 5.82 Å². The maximum Gasteiger partial charge on any atom is 0.166 e. The third-order valence-corrected chi connectivity index (χ3v) is 5.00. The minimum atomic E-state index is -0.285. The quantitative estimate of drug-likeness (QED) is 0.868. The molecule has 1 aromatic carbocycles. The van der Waals surface area contributed by atoms with E-state index < -0.39 is 0 Å². The monoisotopic (exact) mass is 304 g/mol. The zero-order valence-electron chi connectivity index (χ0n) is 13.1. The number of Topliss-reactive ketones (excluding diaryl/α,β-unsaturated/α-hetero) is 1. The molecule has 120 valence electrons. The number of nitrogens with zero attached hydrogens (tertiary/aromatic N) is 1. The van der Waals surface area contributed by atoms with E-state index in [2.05, 4.69) is 10.2 Å². The molecular weight excluding hydrogens is 279 g/mol. The van der Waals surface area contributed by atoms with Gasteiger partial charge in [0.2, 0.25) is 0 Å². The van der Waals surface area contributed by atoms with Crippen LogP contribution in [0.15, 0.2) is 24.3 Å². The van der Waals surface area contributed by atoms with E-state index in [-0.39, 0.29) is 17.5 Å². The van der Waals surface area contributed by atoms with Crippen molar-refractivity contribution in [2.75, 3.05) is 32.7 Å². The molecule has 0 amide bonds. The van der Waals surface area contributed by atoms with Crippen molar-refractivity contribution >= 4 is 5.78 Å². The van der Waals surface area contributed by atoms with Crippen molar-refractivity contribution in [3.63, 3.8) is 0 Å². The Bertz CT molecular complexity index is 488. The number of ketones is 1. The molecule has 0 bridgehead atoms. The Morgan fingerprint density at radius 1 is 1.18 bits per heavy atom. The molecule has 2 aliphatic heterocycles. The van der Waals surface area contributed by atoms with Gasteiger partial charge in [-0.2, -0.15) is 0 Å². The van der Waals surface area contributed by atoms with Gasteiger partial charge in [-0.1, -0.05) is 0 Å². The van der Waals surface area contributed by atoms with Crippen LogP contribution in [0.1, 0.15) is 36.0 Å². The Morgan fingerprint density at radius 3 is 2.55 bits per heavy atom. The van der Waals surface area contributed by atoms with Gasteiger partial charge in [-0.3, -0.25) is 4.79 Å². The lowest BCUT2D eigenvalue weighted by atomic mass is 9.88. The van der Waals surface area contributed by atoms with Crippen LogP contribution in [0.3, 0.4) is 0 Å². The van der Waals surface area contributed by atoms with E-state index in [0.717, 1.165) is 51.5 Å². The van der Waals surface area contributed by atoms with Crippen LogP contribution in [-0.2, 0) is 0 Å². The summed E-state index contributed by atoms with van der Waals surface area (Å²) < 4.78 is 12.9. The summed E-state index contributed by atoms with van der Waals surface area (Å²) in [5, 5.41) is 3.47. The van der Waals surface area contributed by atoms with Crippen LogP contribution in [0.25, 0.3) is 0 Å². The molecule has 2 aliphatic rings. The molecule has 3 rings (SSSR count). The number of carbonyl (C=O) groups excluding carboxylic acids is 1. The number of piperidine rings is 2. The van der Waals surface area contributed by atoms with Crippen molar-refractivity contribution in [2.24, 2.45) is 11.8 Å². The van der Waals surface area contributed by atoms with Crippen molar-refractivity contribution in [3.8, 4) is 0 Å². The molecule has 0 saturated carbocycles. The number of hydrogen-bond donors (Lipinski definition) is 1. The molecule has 0 aromatic heterocycles. The topological polar surface area (TPSA) is 32.3 Å². The van der Waals surface area contributed by atoms with Gasteiger partial charge in [-0.25, -0.2) is 4.39 Å². The molecule has 2 fully saturated rings. The Morgan fingerprint density at radius 2 is 1.91 bits per heavy atom. The van der Waals surface area contributed by atoms with E-state index >= 15 is 0 Å². The maximum absolute atomic E-state index is 12.9. The Hall–Kier alpha value is -1.26. The second kappa shape index (κ2) is 7.34. The Labute approximate surface area is 131 Å². The van der Waals surface area contributed by atoms with E-state index in [1.54, 1.807) is 12.1 Å². The number of benzene rings is 1. The largest absolute Gasteiger partial charge is 0.316 e. The van der Waals surface area contributed by atoms with Gasteiger partial charge in [-0.15, -0.1) is 0 Å². The molecule has 1 N–H and O–H groups in total. The van der Waals surface area contributed by atoms with E-state index in [4.69, 9.17) is 0 Å². The Balaban J connectivity index is 1.48. The predicted molar refractivity (Wildman–Crippen MR) is 85.5 cm³/mol. The summed E-state index contributed by atoms with van der Waals surface area (Å²) in [5.74, 6) is 0.760. The molecule has 22 heavy (non-hydrogen) atoms. The first-order valence-corrected chi connectivity index (χ1v) is 8.45. The van der Waals surface area contributed by atoms with Gasteiger partial charge in [0.25, 0.3) is 0 Å². The zero-order chi connectivity index (χ0) is 15.4. The van der Waals surface area contributed by atoms with Crippen LogP contribution >= 0.6 is 0 Å². The molecule has 1 aromatic rings. The fourth-order valence-corrected chi connectivity index (χ4v) is 3.67. The number of carbonyl (C=O) groups is 1. The normalized spacial score (nSPS) is 24.3. The van der Waals surface area contributed by atoms with Gasteiger partial charge in [0.15, 0.2) is 5.78 Å². The number of nitrogens with one attached hydrogen (secondary N) is 1.